The molecule has 1 saturated heterocycles. The highest BCUT2D eigenvalue weighted by molar-refractivity contribution is 6.32. The first-order valence-electron chi connectivity index (χ1n) is 9.17. The molecule has 4 nitrogen and oxygen atoms in total. The molecular formula is C22H22ClN3O. The third-order valence-electron chi connectivity index (χ3n) is 5.26. The van der Waals surface area contributed by atoms with Gasteiger partial charge in [-0.15, -0.1) is 0 Å². The maximum atomic E-state index is 13.3. The van der Waals surface area contributed by atoms with Gasteiger partial charge < -0.3 is 9.80 Å². The third-order valence-corrected chi connectivity index (χ3v) is 5.67. The molecule has 1 aliphatic rings. The van der Waals surface area contributed by atoms with E-state index >= 15 is 0 Å². The van der Waals surface area contributed by atoms with Crippen LogP contribution in [0.2, 0.25) is 5.02 Å². The summed E-state index contributed by atoms with van der Waals surface area (Å²) < 4.78 is 0. The largest absolute Gasteiger partial charge is 0.336 e. The molecule has 0 aliphatic carbocycles. The number of hydrogen-bond donors (Lipinski definition) is 0. The Balaban J connectivity index is 1.87. The molecule has 2 heterocycles. The summed E-state index contributed by atoms with van der Waals surface area (Å²) >= 11 is 6.34. The Labute approximate surface area is 164 Å². The van der Waals surface area contributed by atoms with Crippen LogP contribution in [0.15, 0.2) is 48.5 Å². The number of benzene rings is 2. The van der Waals surface area contributed by atoms with Gasteiger partial charge in [0.05, 0.1) is 16.8 Å². The van der Waals surface area contributed by atoms with E-state index in [9.17, 15) is 4.79 Å². The van der Waals surface area contributed by atoms with Crippen LogP contribution in [0.5, 0.6) is 0 Å². The molecule has 4 rings (SSSR count). The monoisotopic (exact) mass is 379 g/mol. The van der Waals surface area contributed by atoms with Crippen molar-refractivity contribution >= 4 is 28.4 Å². The lowest BCUT2D eigenvalue weighted by atomic mass is 10.0. The third kappa shape index (κ3) is 3.43. The summed E-state index contributed by atoms with van der Waals surface area (Å²) in [6.07, 6.45) is 0. The fourth-order valence-electron chi connectivity index (χ4n) is 3.52. The average molecular weight is 380 g/mol. The molecule has 3 aromatic rings. The number of likely N-dealkylation sites (N-methyl/N-ethyl adjacent to an activating group) is 1. The van der Waals surface area contributed by atoms with E-state index in [0.29, 0.717) is 10.6 Å². The second-order valence-corrected chi connectivity index (χ2v) is 7.49. The molecule has 0 saturated carbocycles. The zero-order chi connectivity index (χ0) is 19.0. The molecule has 0 spiro atoms. The molecule has 2 aromatic carbocycles. The number of carbonyl (C=O) groups is 1. The van der Waals surface area contributed by atoms with Gasteiger partial charge in [0.1, 0.15) is 0 Å². The van der Waals surface area contributed by atoms with Crippen LogP contribution in [0.25, 0.3) is 22.2 Å². The van der Waals surface area contributed by atoms with E-state index in [1.54, 1.807) is 0 Å². The van der Waals surface area contributed by atoms with Crippen LogP contribution < -0.4 is 0 Å². The smallest absolute Gasteiger partial charge is 0.254 e. The second kappa shape index (κ2) is 7.29. The number of halogens is 1. The first-order chi connectivity index (χ1) is 13.0. The van der Waals surface area contributed by atoms with Crippen molar-refractivity contribution in [2.45, 2.75) is 6.92 Å². The van der Waals surface area contributed by atoms with E-state index in [4.69, 9.17) is 16.6 Å². The van der Waals surface area contributed by atoms with E-state index in [0.717, 1.165) is 53.9 Å². The summed E-state index contributed by atoms with van der Waals surface area (Å²) in [6.45, 7) is 5.23. The van der Waals surface area contributed by atoms with Gasteiger partial charge in [-0.05, 0) is 31.7 Å². The standard InChI is InChI=1S/C22H22ClN3O/c1-15-19(23)9-8-17-18(22(27)26-12-10-25(2)11-13-26)14-20(24-21(15)17)16-6-4-3-5-7-16/h3-9,14H,10-13H2,1-2H3. The van der Waals surface area contributed by atoms with Crippen LogP contribution in [0, 0.1) is 6.92 Å². The van der Waals surface area contributed by atoms with E-state index in [1.165, 1.54) is 0 Å². The van der Waals surface area contributed by atoms with Gasteiger partial charge in [0.25, 0.3) is 5.91 Å². The van der Waals surface area contributed by atoms with Crippen molar-refractivity contribution < 1.29 is 4.79 Å². The Kier molecular flexibility index (Phi) is 4.85. The zero-order valence-electron chi connectivity index (χ0n) is 15.6. The highest BCUT2D eigenvalue weighted by Crippen LogP contribution is 2.31. The van der Waals surface area contributed by atoms with Crippen LogP contribution in [0.3, 0.4) is 0 Å². The molecule has 138 valence electrons. The molecule has 0 unspecified atom stereocenters. The van der Waals surface area contributed by atoms with Crippen LogP contribution >= 0.6 is 11.6 Å². The Bertz CT molecular complexity index is 995. The van der Waals surface area contributed by atoms with Crippen molar-refractivity contribution in [1.29, 1.82) is 0 Å². The predicted octanol–water partition coefficient (Wildman–Crippen LogP) is 4.25. The van der Waals surface area contributed by atoms with Crippen molar-refractivity contribution in [3.63, 3.8) is 0 Å². The van der Waals surface area contributed by atoms with Crippen molar-refractivity contribution in [2.24, 2.45) is 0 Å². The minimum atomic E-state index is 0.0643. The van der Waals surface area contributed by atoms with E-state index < -0.39 is 0 Å². The lowest BCUT2D eigenvalue weighted by Crippen LogP contribution is -2.47. The second-order valence-electron chi connectivity index (χ2n) is 7.09. The summed E-state index contributed by atoms with van der Waals surface area (Å²) in [4.78, 5) is 22.4. The molecular weight excluding hydrogens is 358 g/mol. The normalized spacial score (nSPS) is 15.3. The lowest BCUT2D eigenvalue weighted by Gasteiger charge is -2.32. The molecule has 0 bridgehead atoms. The average Bonchev–Trinajstić information content (AvgIpc) is 2.71. The number of pyridine rings is 1. The number of aromatic nitrogens is 1. The molecule has 0 N–H and O–H groups in total. The first-order valence-corrected chi connectivity index (χ1v) is 9.55. The summed E-state index contributed by atoms with van der Waals surface area (Å²) in [5.74, 6) is 0.0643. The highest BCUT2D eigenvalue weighted by atomic mass is 35.5. The molecule has 1 aliphatic heterocycles. The molecule has 1 amide bonds. The quantitative estimate of drug-likeness (QED) is 0.667. The zero-order valence-corrected chi connectivity index (χ0v) is 16.3. The Hall–Kier alpha value is -2.43. The van der Waals surface area contributed by atoms with Gasteiger partial charge >= 0.3 is 0 Å². The fourth-order valence-corrected chi connectivity index (χ4v) is 3.67. The number of carbonyl (C=O) groups excluding carboxylic acids is 1. The minimum absolute atomic E-state index is 0.0643. The van der Waals surface area contributed by atoms with Crippen molar-refractivity contribution in [3.05, 3.63) is 64.7 Å². The van der Waals surface area contributed by atoms with Crippen LogP contribution in [0.4, 0.5) is 0 Å². The number of aryl methyl sites for hydroxylation is 1. The van der Waals surface area contributed by atoms with Gasteiger partial charge in [-0.1, -0.05) is 48.0 Å². The number of fused-ring (bicyclic) bond motifs is 1. The van der Waals surface area contributed by atoms with Gasteiger partial charge in [0.2, 0.25) is 0 Å². The van der Waals surface area contributed by atoms with Gasteiger partial charge in [-0.3, -0.25) is 4.79 Å². The van der Waals surface area contributed by atoms with Crippen LogP contribution in [-0.2, 0) is 0 Å². The number of amides is 1. The van der Waals surface area contributed by atoms with Crippen molar-refractivity contribution in [3.8, 4) is 11.3 Å². The number of piperazine rings is 1. The van der Waals surface area contributed by atoms with Gasteiger partial charge in [-0.2, -0.15) is 0 Å². The molecule has 27 heavy (non-hydrogen) atoms. The van der Waals surface area contributed by atoms with Gasteiger partial charge in [0, 0.05) is 42.2 Å². The van der Waals surface area contributed by atoms with E-state index in [-0.39, 0.29) is 5.91 Å². The number of rotatable bonds is 2. The summed E-state index contributed by atoms with van der Waals surface area (Å²) in [5, 5.41) is 1.53. The number of nitrogens with zero attached hydrogens (tertiary/aromatic N) is 3. The topological polar surface area (TPSA) is 36.4 Å². The molecule has 1 aromatic heterocycles. The van der Waals surface area contributed by atoms with Gasteiger partial charge in [-0.25, -0.2) is 4.98 Å². The Morgan fingerprint density at radius 2 is 1.74 bits per heavy atom. The van der Waals surface area contributed by atoms with Crippen molar-refractivity contribution in [1.82, 2.24) is 14.8 Å². The summed E-state index contributed by atoms with van der Waals surface area (Å²) in [5.41, 5.74) is 4.18. The lowest BCUT2D eigenvalue weighted by molar-refractivity contribution is 0.0666. The van der Waals surface area contributed by atoms with Crippen LogP contribution in [-0.4, -0.2) is 53.9 Å². The molecule has 0 atom stereocenters. The van der Waals surface area contributed by atoms with Crippen LogP contribution in [0.1, 0.15) is 15.9 Å². The maximum Gasteiger partial charge on any atom is 0.254 e. The molecule has 5 heteroatoms. The SMILES string of the molecule is Cc1c(Cl)ccc2c(C(=O)N3CCN(C)CC3)cc(-c3ccccc3)nc12. The minimum Gasteiger partial charge on any atom is -0.336 e. The molecule has 0 radical (unpaired) electrons. The molecule has 1 fully saturated rings. The number of hydrogen-bond acceptors (Lipinski definition) is 3. The van der Waals surface area contributed by atoms with E-state index in [1.807, 2.05) is 60.4 Å². The Morgan fingerprint density at radius 1 is 1.04 bits per heavy atom. The van der Waals surface area contributed by atoms with E-state index in [2.05, 4.69) is 11.9 Å². The first kappa shape index (κ1) is 18.0. The predicted molar refractivity (Wildman–Crippen MR) is 110 cm³/mol. The fraction of sp³-hybridized carbons (Fsp3) is 0.273. The van der Waals surface area contributed by atoms with Crippen molar-refractivity contribution in [2.75, 3.05) is 33.2 Å². The Morgan fingerprint density at radius 3 is 2.44 bits per heavy atom. The summed E-state index contributed by atoms with van der Waals surface area (Å²) in [7, 11) is 2.09. The maximum absolute atomic E-state index is 13.3. The summed E-state index contributed by atoms with van der Waals surface area (Å²) in [6, 6.07) is 15.6. The van der Waals surface area contributed by atoms with Gasteiger partial charge in [0.15, 0.2) is 0 Å². The highest BCUT2D eigenvalue weighted by Gasteiger charge is 2.23.